The van der Waals surface area contributed by atoms with E-state index in [1.807, 2.05) is 19.1 Å². The van der Waals surface area contributed by atoms with Gasteiger partial charge in [-0.05, 0) is 25.5 Å². The second-order valence-corrected chi connectivity index (χ2v) is 5.39. The number of amides is 1. The number of nitrogen functional groups attached to an aromatic ring is 1. The number of nitrogens with two attached hydrogens (primary N) is 1. The van der Waals surface area contributed by atoms with Gasteiger partial charge in [-0.3, -0.25) is 4.79 Å². The molecule has 0 radical (unpaired) electrons. The average molecular weight is 268 g/mol. The summed E-state index contributed by atoms with van der Waals surface area (Å²) in [6.45, 7) is 3.46. The lowest BCUT2D eigenvalue weighted by molar-refractivity contribution is -0.128. The van der Waals surface area contributed by atoms with Crippen molar-refractivity contribution in [3.63, 3.8) is 0 Å². The minimum atomic E-state index is -0.358. The zero-order valence-electron chi connectivity index (χ0n) is 10.7. The van der Waals surface area contributed by atoms with Crippen LogP contribution in [0.25, 0.3) is 0 Å². The third kappa shape index (κ3) is 2.12. The van der Waals surface area contributed by atoms with Crippen molar-refractivity contribution in [2.24, 2.45) is 5.41 Å². The van der Waals surface area contributed by atoms with Crippen molar-refractivity contribution in [2.75, 3.05) is 30.8 Å². The fourth-order valence-electron chi connectivity index (χ4n) is 2.46. The van der Waals surface area contributed by atoms with Crippen molar-refractivity contribution in [3.05, 3.63) is 23.2 Å². The highest BCUT2D eigenvalue weighted by Crippen LogP contribution is 2.37. The molecule has 1 unspecified atom stereocenters. The Kier molecular flexibility index (Phi) is 3.39. The molecular formula is C13H18ClN3O. The van der Waals surface area contributed by atoms with Gasteiger partial charge >= 0.3 is 0 Å². The summed E-state index contributed by atoms with van der Waals surface area (Å²) in [6.07, 6.45) is 0.818. The molecule has 0 spiro atoms. The fraction of sp³-hybridized carbons (Fsp3) is 0.462. The monoisotopic (exact) mass is 267 g/mol. The number of hydrogen-bond donors (Lipinski definition) is 2. The zero-order valence-corrected chi connectivity index (χ0v) is 11.4. The summed E-state index contributed by atoms with van der Waals surface area (Å²) in [5, 5.41) is 3.28. The van der Waals surface area contributed by atoms with Crippen molar-refractivity contribution in [2.45, 2.75) is 13.3 Å². The molecule has 2 rings (SSSR count). The smallest absolute Gasteiger partial charge is 0.227 e. The van der Waals surface area contributed by atoms with Gasteiger partial charge in [-0.2, -0.15) is 0 Å². The van der Waals surface area contributed by atoms with Crippen molar-refractivity contribution in [1.29, 1.82) is 0 Å². The number of benzene rings is 1. The molecule has 1 aromatic rings. The minimum Gasteiger partial charge on any atom is -0.396 e. The standard InChI is InChI=1S/C13H18ClN3O/c1-13(12(18)16-2)6-7-17(8-13)10-5-3-4-9(14)11(10)15/h3-5H,6-8,15H2,1-2H3,(H,16,18). The topological polar surface area (TPSA) is 58.4 Å². The van der Waals surface area contributed by atoms with E-state index in [1.54, 1.807) is 13.1 Å². The Morgan fingerprint density at radius 2 is 2.28 bits per heavy atom. The fourth-order valence-corrected chi connectivity index (χ4v) is 2.62. The Hall–Kier alpha value is -1.42. The molecule has 1 aliphatic heterocycles. The highest BCUT2D eigenvalue weighted by molar-refractivity contribution is 6.33. The maximum Gasteiger partial charge on any atom is 0.227 e. The van der Waals surface area contributed by atoms with E-state index in [4.69, 9.17) is 17.3 Å². The summed E-state index contributed by atoms with van der Waals surface area (Å²) in [4.78, 5) is 14.0. The summed E-state index contributed by atoms with van der Waals surface area (Å²) < 4.78 is 0. The van der Waals surface area contributed by atoms with Crippen molar-refractivity contribution >= 4 is 28.9 Å². The van der Waals surface area contributed by atoms with E-state index >= 15 is 0 Å². The molecule has 18 heavy (non-hydrogen) atoms. The van der Waals surface area contributed by atoms with Gasteiger partial charge in [-0.1, -0.05) is 17.7 Å². The van der Waals surface area contributed by atoms with E-state index in [2.05, 4.69) is 10.2 Å². The third-order valence-electron chi connectivity index (χ3n) is 3.62. The van der Waals surface area contributed by atoms with Gasteiger partial charge in [-0.25, -0.2) is 0 Å². The summed E-state index contributed by atoms with van der Waals surface area (Å²) in [7, 11) is 1.67. The largest absolute Gasteiger partial charge is 0.396 e. The van der Waals surface area contributed by atoms with E-state index in [0.29, 0.717) is 17.3 Å². The number of carbonyl (C=O) groups excluding carboxylic acids is 1. The Bertz CT molecular complexity index is 477. The number of hydrogen-bond acceptors (Lipinski definition) is 3. The molecular weight excluding hydrogens is 250 g/mol. The SMILES string of the molecule is CNC(=O)C1(C)CCN(c2cccc(Cl)c2N)C1. The van der Waals surface area contributed by atoms with Crippen molar-refractivity contribution in [1.82, 2.24) is 5.32 Å². The van der Waals surface area contributed by atoms with Crippen LogP contribution in [-0.4, -0.2) is 26.0 Å². The quantitative estimate of drug-likeness (QED) is 0.805. The van der Waals surface area contributed by atoms with Gasteiger partial charge in [0.2, 0.25) is 5.91 Å². The first-order valence-electron chi connectivity index (χ1n) is 5.99. The minimum absolute atomic E-state index is 0.0746. The Morgan fingerprint density at radius 1 is 1.56 bits per heavy atom. The molecule has 1 atom stereocenters. The average Bonchev–Trinajstić information content (AvgIpc) is 2.75. The maximum atomic E-state index is 11.9. The van der Waals surface area contributed by atoms with Gasteiger partial charge < -0.3 is 16.0 Å². The summed E-state index contributed by atoms with van der Waals surface area (Å²) in [5.41, 5.74) is 7.12. The molecule has 3 N–H and O–H groups in total. The molecule has 1 saturated heterocycles. The van der Waals surface area contributed by atoms with Crippen LogP contribution < -0.4 is 16.0 Å². The van der Waals surface area contributed by atoms with Crippen LogP contribution in [0, 0.1) is 5.41 Å². The number of rotatable bonds is 2. The Labute approximate surface area is 112 Å². The lowest BCUT2D eigenvalue weighted by Crippen LogP contribution is -2.39. The molecule has 0 bridgehead atoms. The lowest BCUT2D eigenvalue weighted by Gasteiger charge is -2.25. The molecule has 1 heterocycles. The van der Waals surface area contributed by atoms with Crippen LogP contribution in [-0.2, 0) is 4.79 Å². The first kappa shape index (κ1) is 13.0. The second kappa shape index (κ2) is 4.69. The molecule has 0 aliphatic carbocycles. The number of para-hydroxylation sites is 1. The number of nitrogens with one attached hydrogen (secondary N) is 1. The summed E-state index contributed by atoms with van der Waals surface area (Å²) in [6, 6.07) is 5.59. The number of anilines is 2. The van der Waals surface area contributed by atoms with Gasteiger partial charge in [-0.15, -0.1) is 0 Å². The molecule has 98 valence electrons. The third-order valence-corrected chi connectivity index (χ3v) is 3.95. The zero-order chi connectivity index (χ0) is 13.3. The Balaban J connectivity index is 2.23. The molecule has 0 aromatic heterocycles. The van der Waals surface area contributed by atoms with Crippen molar-refractivity contribution < 1.29 is 4.79 Å². The van der Waals surface area contributed by atoms with Gasteiger partial charge in [0, 0.05) is 20.1 Å². The van der Waals surface area contributed by atoms with E-state index in [-0.39, 0.29) is 11.3 Å². The molecule has 1 amide bonds. The molecule has 1 aliphatic rings. The van der Waals surface area contributed by atoms with Crippen LogP contribution >= 0.6 is 11.6 Å². The van der Waals surface area contributed by atoms with Crippen molar-refractivity contribution in [3.8, 4) is 0 Å². The van der Waals surface area contributed by atoms with Crippen LogP contribution in [0.3, 0.4) is 0 Å². The van der Waals surface area contributed by atoms with Gasteiger partial charge in [0.1, 0.15) is 0 Å². The van der Waals surface area contributed by atoms with Gasteiger partial charge in [0.05, 0.1) is 21.8 Å². The van der Waals surface area contributed by atoms with Crippen LogP contribution in [0.2, 0.25) is 5.02 Å². The molecule has 4 nitrogen and oxygen atoms in total. The number of halogens is 1. The Morgan fingerprint density at radius 3 is 2.94 bits per heavy atom. The first-order valence-corrected chi connectivity index (χ1v) is 6.37. The predicted molar refractivity (Wildman–Crippen MR) is 74.9 cm³/mol. The van der Waals surface area contributed by atoms with E-state index in [0.717, 1.165) is 18.7 Å². The van der Waals surface area contributed by atoms with Gasteiger partial charge in [0.25, 0.3) is 0 Å². The number of nitrogens with zero attached hydrogens (tertiary/aromatic N) is 1. The lowest BCUT2D eigenvalue weighted by atomic mass is 9.89. The maximum absolute atomic E-state index is 11.9. The van der Waals surface area contributed by atoms with Crippen LogP contribution in [0.1, 0.15) is 13.3 Å². The summed E-state index contributed by atoms with van der Waals surface area (Å²) >= 11 is 6.02. The second-order valence-electron chi connectivity index (χ2n) is 4.98. The van der Waals surface area contributed by atoms with Crippen LogP contribution in [0.15, 0.2) is 18.2 Å². The molecule has 0 saturated carbocycles. The number of carbonyl (C=O) groups is 1. The van der Waals surface area contributed by atoms with Crippen LogP contribution in [0.5, 0.6) is 0 Å². The van der Waals surface area contributed by atoms with E-state index in [1.165, 1.54) is 0 Å². The molecule has 5 heteroatoms. The first-order chi connectivity index (χ1) is 8.48. The van der Waals surface area contributed by atoms with E-state index in [9.17, 15) is 4.79 Å². The highest BCUT2D eigenvalue weighted by Gasteiger charge is 2.40. The van der Waals surface area contributed by atoms with E-state index < -0.39 is 0 Å². The molecule has 1 aromatic carbocycles. The normalized spacial score (nSPS) is 23.2. The van der Waals surface area contributed by atoms with Crippen LogP contribution in [0.4, 0.5) is 11.4 Å². The molecule has 1 fully saturated rings. The predicted octanol–water partition coefficient (Wildman–Crippen LogP) is 1.88. The summed E-state index contributed by atoms with van der Waals surface area (Å²) in [5.74, 6) is 0.0746. The highest BCUT2D eigenvalue weighted by atomic mass is 35.5. The van der Waals surface area contributed by atoms with Gasteiger partial charge in [0.15, 0.2) is 0 Å².